The van der Waals surface area contributed by atoms with Gasteiger partial charge in [-0.15, -0.1) is 0 Å². The van der Waals surface area contributed by atoms with Gasteiger partial charge in [-0.3, -0.25) is 19.5 Å². The maximum Gasteiger partial charge on any atom is 0.307 e. The fourth-order valence-electron chi connectivity index (χ4n) is 4.70. The number of esters is 1. The molecule has 6 nitrogen and oxygen atoms in total. The molecule has 1 aliphatic carbocycles. The Morgan fingerprint density at radius 2 is 1.96 bits per heavy atom. The van der Waals surface area contributed by atoms with Crippen molar-refractivity contribution in [2.24, 2.45) is 5.92 Å². The molecule has 3 fully saturated rings. The van der Waals surface area contributed by atoms with E-state index in [-0.39, 0.29) is 24.2 Å². The lowest BCUT2D eigenvalue weighted by Crippen LogP contribution is -2.53. The highest BCUT2D eigenvalue weighted by Crippen LogP contribution is 2.45. The van der Waals surface area contributed by atoms with Crippen molar-refractivity contribution in [3.63, 3.8) is 0 Å². The van der Waals surface area contributed by atoms with E-state index in [1.54, 1.807) is 6.20 Å². The van der Waals surface area contributed by atoms with E-state index in [2.05, 4.69) is 16.0 Å². The topological polar surface area (TPSA) is 62.7 Å². The van der Waals surface area contributed by atoms with Gasteiger partial charge in [0.05, 0.1) is 12.3 Å². The van der Waals surface area contributed by atoms with E-state index in [1.807, 2.05) is 17.2 Å². The van der Waals surface area contributed by atoms with E-state index in [4.69, 9.17) is 4.74 Å². The van der Waals surface area contributed by atoms with Gasteiger partial charge in [0.25, 0.3) is 0 Å². The summed E-state index contributed by atoms with van der Waals surface area (Å²) in [6.07, 6.45) is 8.90. The molecule has 2 saturated heterocycles. The van der Waals surface area contributed by atoms with E-state index in [0.717, 1.165) is 58.4 Å². The van der Waals surface area contributed by atoms with E-state index < -0.39 is 5.60 Å². The zero-order valence-electron chi connectivity index (χ0n) is 15.2. The number of ether oxygens (including phenoxy) is 1. The summed E-state index contributed by atoms with van der Waals surface area (Å²) in [7, 11) is 0. The highest BCUT2D eigenvalue weighted by Gasteiger charge is 2.53. The van der Waals surface area contributed by atoms with E-state index in [1.165, 1.54) is 12.0 Å². The van der Waals surface area contributed by atoms with Crippen LogP contribution in [0.4, 0.5) is 0 Å². The van der Waals surface area contributed by atoms with Crippen LogP contribution in [0.15, 0.2) is 24.5 Å². The van der Waals surface area contributed by atoms with Crippen LogP contribution in [0.5, 0.6) is 0 Å². The van der Waals surface area contributed by atoms with Gasteiger partial charge in [-0.2, -0.15) is 0 Å². The molecule has 1 aromatic heterocycles. The third kappa shape index (κ3) is 3.47. The first-order valence-corrected chi connectivity index (χ1v) is 9.78. The lowest BCUT2D eigenvalue weighted by molar-refractivity contribution is -0.156. The molecule has 0 bridgehead atoms. The molecule has 1 unspecified atom stereocenters. The SMILES string of the molecule is O=C1CC(C(=O)N2CCN(Cc3cccnc3)CC2)C2(CCCCC2)O1. The Labute approximate surface area is 154 Å². The second-order valence-corrected chi connectivity index (χ2v) is 7.82. The normalized spacial score (nSPS) is 26.1. The molecule has 140 valence electrons. The molecule has 0 N–H and O–H groups in total. The Morgan fingerprint density at radius 3 is 2.65 bits per heavy atom. The Balaban J connectivity index is 1.36. The molecule has 1 spiro atoms. The zero-order valence-corrected chi connectivity index (χ0v) is 15.2. The van der Waals surface area contributed by atoms with Gasteiger partial charge in [0.1, 0.15) is 5.60 Å². The minimum absolute atomic E-state index is 0.124. The summed E-state index contributed by atoms with van der Waals surface area (Å²) < 4.78 is 5.71. The van der Waals surface area contributed by atoms with Crippen molar-refractivity contribution in [2.45, 2.75) is 50.7 Å². The van der Waals surface area contributed by atoms with Gasteiger partial charge in [-0.05, 0) is 37.3 Å². The van der Waals surface area contributed by atoms with Crippen LogP contribution < -0.4 is 0 Å². The van der Waals surface area contributed by atoms with Crippen LogP contribution in [0.3, 0.4) is 0 Å². The van der Waals surface area contributed by atoms with Gasteiger partial charge < -0.3 is 9.64 Å². The molecule has 26 heavy (non-hydrogen) atoms. The number of carbonyl (C=O) groups excluding carboxylic acids is 2. The van der Waals surface area contributed by atoms with Crippen molar-refractivity contribution in [1.29, 1.82) is 0 Å². The van der Waals surface area contributed by atoms with Crippen molar-refractivity contribution >= 4 is 11.9 Å². The van der Waals surface area contributed by atoms with Gasteiger partial charge in [-0.1, -0.05) is 12.5 Å². The lowest BCUT2D eigenvalue weighted by Gasteiger charge is -2.40. The summed E-state index contributed by atoms with van der Waals surface area (Å²) in [6.45, 7) is 4.02. The van der Waals surface area contributed by atoms with Crippen molar-refractivity contribution in [3.05, 3.63) is 30.1 Å². The Bertz CT molecular complexity index is 650. The Morgan fingerprint density at radius 1 is 1.19 bits per heavy atom. The summed E-state index contributed by atoms with van der Waals surface area (Å²) >= 11 is 0. The predicted octanol–water partition coefficient (Wildman–Crippen LogP) is 1.99. The van der Waals surface area contributed by atoms with Gasteiger partial charge in [0, 0.05) is 45.1 Å². The van der Waals surface area contributed by atoms with Crippen LogP contribution in [-0.2, 0) is 20.9 Å². The maximum absolute atomic E-state index is 13.1. The molecule has 3 aliphatic rings. The molecule has 3 heterocycles. The first-order valence-electron chi connectivity index (χ1n) is 9.78. The van der Waals surface area contributed by atoms with Gasteiger partial charge in [0.15, 0.2) is 0 Å². The average molecular weight is 357 g/mol. The van der Waals surface area contributed by atoms with Crippen LogP contribution >= 0.6 is 0 Å². The zero-order chi connectivity index (χ0) is 18.0. The number of rotatable bonds is 3. The molecule has 0 aromatic carbocycles. The quantitative estimate of drug-likeness (QED) is 0.774. The molecule has 0 radical (unpaired) electrons. The number of aromatic nitrogens is 1. The van der Waals surface area contributed by atoms with Crippen LogP contribution in [-0.4, -0.2) is 58.4 Å². The molecule has 4 rings (SSSR count). The third-order valence-electron chi connectivity index (χ3n) is 6.13. The van der Waals surface area contributed by atoms with Gasteiger partial charge >= 0.3 is 5.97 Å². The summed E-state index contributed by atoms with van der Waals surface area (Å²) in [5, 5.41) is 0. The fourth-order valence-corrected chi connectivity index (χ4v) is 4.70. The van der Waals surface area contributed by atoms with Crippen molar-refractivity contribution < 1.29 is 14.3 Å². The monoisotopic (exact) mass is 357 g/mol. The second-order valence-electron chi connectivity index (χ2n) is 7.82. The molecular formula is C20H27N3O3. The van der Waals surface area contributed by atoms with E-state index in [9.17, 15) is 9.59 Å². The number of pyridine rings is 1. The Kier molecular flexibility index (Phi) is 4.94. The lowest BCUT2D eigenvalue weighted by atomic mass is 9.75. The summed E-state index contributed by atoms with van der Waals surface area (Å²) in [5.74, 6) is -0.348. The number of hydrogen-bond donors (Lipinski definition) is 0. The number of nitrogens with zero attached hydrogens (tertiary/aromatic N) is 3. The van der Waals surface area contributed by atoms with Gasteiger partial charge in [0.2, 0.25) is 5.91 Å². The molecule has 6 heteroatoms. The van der Waals surface area contributed by atoms with Crippen LogP contribution in [0.1, 0.15) is 44.1 Å². The highest BCUT2D eigenvalue weighted by atomic mass is 16.6. The van der Waals surface area contributed by atoms with Crippen molar-refractivity contribution in [3.8, 4) is 0 Å². The minimum Gasteiger partial charge on any atom is -0.458 e. The maximum atomic E-state index is 13.1. The number of amides is 1. The first kappa shape index (κ1) is 17.5. The van der Waals surface area contributed by atoms with E-state index >= 15 is 0 Å². The molecular weight excluding hydrogens is 330 g/mol. The largest absolute Gasteiger partial charge is 0.458 e. The molecule has 2 aliphatic heterocycles. The standard InChI is InChI=1S/C20H27N3O3/c24-18-13-17(20(26-18)6-2-1-3-7-20)19(25)23-11-9-22(10-12-23)15-16-5-4-8-21-14-16/h4-5,8,14,17H,1-3,6-7,9-13,15H2. The van der Waals surface area contributed by atoms with Gasteiger partial charge in [-0.25, -0.2) is 0 Å². The average Bonchev–Trinajstić information content (AvgIpc) is 2.98. The molecule has 1 atom stereocenters. The van der Waals surface area contributed by atoms with Crippen LogP contribution in [0, 0.1) is 5.92 Å². The number of piperazine rings is 1. The summed E-state index contributed by atoms with van der Waals surface area (Å²) in [6, 6.07) is 4.04. The Hall–Kier alpha value is -1.95. The number of carbonyl (C=O) groups is 2. The fraction of sp³-hybridized carbons (Fsp3) is 0.650. The molecule has 1 saturated carbocycles. The number of hydrogen-bond acceptors (Lipinski definition) is 5. The first-order chi connectivity index (χ1) is 12.7. The van der Waals surface area contributed by atoms with Crippen molar-refractivity contribution in [1.82, 2.24) is 14.8 Å². The highest BCUT2D eigenvalue weighted by molar-refractivity contribution is 5.88. The van der Waals surface area contributed by atoms with Crippen LogP contribution in [0.2, 0.25) is 0 Å². The van der Waals surface area contributed by atoms with E-state index in [0.29, 0.717) is 0 Å². The smallest absolute Gasteiger partial charge is 0.307 e. The summed E-state index contributed by atoms with van der Waals surface area (Å²) in [5.41, 5.74) is 0.683. The molecule has 1 aromatic rings. The minimum atomic E-state index is -0.515. The second kappa shape index (κ2) is 7.35. The third-order valence-corrected chi connectivity index (χ3v) is 6.13. The van der Waals surface area contributed by atoms with Crippen molar-refractivity contribution in [2.75, 3.05) is 26.2 Å². The molecule has 1 amide bonds. The summed E-state index contributed by atoms with van der Waals surface area (Å²) in [4.78, 5) is 33.6. The van der Waals surface area contributed by atoms with Crippen LogP contribution in [0.25, 0.3) is 0 Å². The predicted molar refractivity (Wildman–Crippen MR) is 96.1 cm³/mol.